The van der Waals surface area contributed by atoms with Crippen molar-refractivity contribution in [3.05, 3.63) is 35.2 Å². The molecular formula is C22H25F3N4O3. The molecule has 5 rings (SSSR count). The number of aromatic nitrogens is 2. The summed E-state index contributed by atoms with van der Waals surface area (Å²) in [5, 5.41) is 13.6. The molecule has 172 valence electrons. The summed E-state index contributed by atoms with van der Waals surface area (Å²) < 4.78 is 41.6. The number of pyridine rings is 1. The molecule has 3 heterocycles. The van der Waals surface area contributed by atoms with E-state index in [0.29, 0.717) is 31.5 Å². The number of rotatable bonds is 3. The third kappa shape index (κ3) is 3.96. The average molecular weight is 450 g/mol. The molecule has 3 aliphatic rings. The van der Waals surface area contributed by atoms with Crippen molar-refractivity contribution < 1.29 is 27.9 Å². The van der Waals surface area contributed by atoms with Crippen LogP contribution in [0, 0.1) is 0 Å². The standard InChI is InChI=1S/C22H25F3N4O3/c23-22(24,25)19-10-14(13-1-2-13)9-16-11-18(26-29(16)19)21(32)27-7-8-28(20(31)12-27)15-3-5-17(30)6-4-15/h9-11,13,15,17,30H,1-8,12H2. The van der Waals surface area contributed by atoms with Gasteiger partial charge in [-0.15, -0.1) is 0 Å². The van der Waals surface area contributed by atoms with Crippen LogP contribution >= 0.6 is 0 Å². The van der Waals surface area contributed by atoms with Crippen LogP contribution < -0.4 is 0 Å². The van der Waals surface area contributed by atoms with E-state index in [1.807, 2.05) is 0 Å². The van der Waals surface area contributed by atoms with Crippen LogP contribution in [0.15, 0.2) is 18.2 Å². The van der Waals surface area contributed by atoms with Crippen molar-refractivity contribution in [1.29, 1.82) is 0 Å². The van der Waals surface area contributed by atoms with Crippen molar-refractivity contribution in [2.45, 2.75) is 62.8 Å². The Morgan fingerprint density at radius 3 is 2.38 bits per heavy atom. The van der Waals surface area contributed by atoms with Crippen LogP contribution in [0.1, 0.15) is 66.2 Å². The lowest BCUT2D eigenvalue weighted by molar-refractivity contribution is -0.142. The second kappa shape index (κ2) is 7.75. The summed E-state index contributed by atoms with van der Waals surface area (Å²) in [6.07, 6.45) is -0.412. The number of alkyl halides is 3. The van der Waals surface area contributed by atoms with Gasteiger partial charge in [-0.25, -0.2) is 4.52 Å². The summed E-state index contributed by atoms with van der Waals surface area (Å²) in [6.45, 7) is 0.556. The van der Waals surface area contributed by atoms with Gasteiger partial charge in [0, 0.05) is 19.1 Å². The Labute approximate surface area is 182 Å². The molecule has 2 aromatic rings. The number of fused-ring (bicyclic) bond motifs is 1. The SMILES string of the molecule is O=C(c1cc2cc(C3CC3)cc(C(F)(F)F)n2n1)N1CCN(C2CCC(O)CC2)C(=O)C1. The molecule has 0 atom stereocenters. The Morgan fingerprint density at radius 2 is 1.75 bits per heavy atom. The molecule has 2 aromatic heterocycles. The quantitative estimate of drug-likeness (QED) is 0.780. The molecule has 0 bridgehead atoms. The summed E-state index contributed by atoms with van der Waals surface area (Å²) >= 11 is 0. The molecule has 32 heavy (non-hydrogen) atoms. The number of piperazine rings is 1. The zero-order valence-corrected chi connectivity index (χ0v) is 17.5. The fourth-order valence-electron chi connectivity index (χ4n) is 4.86. The van der Waals surface area contributed by atoms with Gasteiger partial charge in [0.2, 0.25) is 5.91 Å². The Balaban J connectivity index is 1.35. The van der Waals surface area contributed by atoms with Gasteiger partial charge in [0.15, 0.2) is 5.69 Å². The molecular weight excluding hydrogens is 425 g/mol. The number of hydrogen-bond acceptors (Lipinski definition) is 4. The van der Waals surface area contributed by atoms with Crippen LogP contribution in [0.25, 0.3) is 5.52 Å². The molecule has 10 heteroatoms. The number of carbonyl (C=O) groups excluding carboxylic acids is 2. The third-order valence-electron chi connectivity index (χ3n) is 6.79. The third-order valence-corrected chi connectivity index (χ3v) is 6.79. The first-order chi connectivity index (χ1) is 15.2. The molecule has 7 nitrogen and oxygen atoms in total. The fourth-order valence-corrected chi connectivity index (χ4v) is 4.86. The molecule has 2 aliphatic carbocycles. The van der Waals surface area contributed by atoms with Crippen molar-refractivity contribution >= 4 is 17.3 Å². The molecule has 1 aliphatic heterocycles. The number of carbonyl (C=O) groups is 2. The Hall–Kier alpha value is -2.62. The van der Waals surface area contributed by atoms with Crippen molar-refractivity contribution in [3.8, 4) is 0 Å². The van der Waals surface area contributed by atoms with E-state index in [9.17, 15) is 27.9 Å². The predicted molar refractivity (Wildman–Crippen MR) is 108 cm³/mol. The Morgan fingerprint density at radius 1 is 1.03 bits per heavy atom. The van der Waals surface area contributed by atoms with E-state index >= 15 is 0 Å². The summed E-state index contributed by atoms with van der Waals surface area (Å²) in [4.78, 5) is 28.8. The summed E-state index contributed by atoms with van der Waals surface area (Å²) in [7, 11) is 0. The first kappa shape index (κ1) is 21.2. The maximum Gasteiger partial charge on any atom is 0.433 e. The van der Waals surface area contributed by atoms with Crippen LogP contribution in [0.2, 0.25) is 0 Å². The highest BCUT2D eigenvalue weighted by atomic mass is 19.4. The van der Waals surface area contributed by atoms with E-state index < -0.39 is 17.8 Å². The van der Waals surface area contributed by atoms with Crippen LogP contribution in [-0.4, -0.2) is 68.1 Å². The molecule has 0 radical (unpaired) electrons. The van der Waals surface area contributed by atoms with Gasteiger partial charge in [-0.05, 0) is 68.2 Å². The number of nitrogens with zero attached hydrogens (tertiary/aromatic N) is 4. The van der Waals surface area contributed by atoms with Gasteiger partial charge in [0.05, 0.1) is 11.6 Å². The van der Waals surface area contributed by atoms with Crippen molar-refractivity contribution in [3.63, 3.8) is 0 Å². The van der Waals surface area contributed by atoms with Gasteiger partial charge in [0.1, 0.15) is 12.2 Å². The zero-order chi connectivity index (χ0) is 22.6. The van der Waals surface area contributed by atoms with Crippen LogP contribution in [0.5, 0.6) is 0 Å². The first-order valence-corrected chi connectivity index (χ1v) is 11.1. The van der Waals surface area contributed by atoms with Crippen molar-refractivity contribution in [1.82, 2.24) is 19.4 Å². The van der Waals surface area contributed by atoms with Gasteiger partial charge in [0.25, 0.3) is 5.91 Å². The number of aliphatic hydroxyl groups is 1. The molecule has 0 spiro atoms. The van der Waals surface area contributed by atoms with Crippen molar-refractivity contribution in [2.75, 3.05) is 19.6 Å². The van der Waals surface area contributed by atoms with Crippen LogP contribution in [0.4, 0.5) is 13.2 Å². The topological polar surface area (TPSA) is 78.2 Å². The van der Waals surface area contributed by atoms with E-state index in [-0.39, 0.29) is 41.7 Å². The number of aliphatic hydroxyl groups excluding tert-OH is 1. The highest BCUT2D eigenvalue weighted by Crippen LogP contribution is 2.42. The second-order valence-corrected chi connectivity index (χ2v) is 9.09. The number of halogens is 3. The molecule has 3 fully saturated rings. The maximum absolute atomic E-state index is 13.6. The largest absolute Gasteiger partial charge is 0.433 e. The predicted octanol–water partition coefficient (Wildman–Crippen LogP) is 2.82. The highest BCUT2D eigenvalue weighted by molar-refractivity contribution is 5.96. The number of amides is 2. The second-order valence-electron chi connectivity index (χ2n) is 9.09. The monoisotopic (exact) mass is 450 g/mol. The molecule has 1 saturated heterocycles. The molecule has 2 amide bonds. The van der Waals surface area contributed by atoms with Gasteiger partial charge in [-0.3, -0.25) is 9.59 Å². The molecule has 2 saturated carbocycles. The summed E-state index contributed by atoms with van der Waals surface area (Å²) in [5.41, 5.74) is -0.136. The normalized spacial score (nSPS) is 24.9. The minimum atomic E-state index is -4.59. The van der Waals surface area contributed by atoms with E-state index in [2.05, 4.69) is 5.10 Å². The van der Waals surface area contributed by atoms with E-state index in [1.165, 1.54) is 11.0 Å². The molecule has 0 unspecified atom stereocenters. The van der Waals surface area contributed by atoms with E-state index in [0.717, 1.165) is 36.3 Å². The zero-order valence-electron chi connectivity index (χ0n) is 17.5. The van der Waals surface area contributed by atoms with Gasteiger partial charge >= 0.3 is 6.18 Å². The highest BCUT2D eigenvalue weighted by Gasteiger charge is 2.38. The van der Waals surface area contributed by atoms with Gasteiger partial charge in [-0.2, -0.15) is 18.3 Å². The minimum absolute atomic E-state index is 0.0635. The number of hydrogen-bond donors (Lipinski definition) is 1. The van der Waals surface area contributed by atoms with Crippen LogP contribution in [0.3, 0.4) is 0 Å². The summed E-state index contributed by atoms with van der Waals surface area (Å²) in [5.74, 6) is -0.592. The Kier molecular flexibility index (Phi) is 5.15. The first-order valence-electron chi connectivity index (χ1n) is 11.1. The average Bonchev–Trinajstić information content (AvgIpc) is 3.51. The molecule has 0 aromatic carbocycles. The lowest BCUT2D eigenvalue weighted by atomic mass is 9.91. The maximum atomic E-state index is 13.6. The lowest BCUT2D eigenvalue weighted by Crippen LogP contribution is -2.56. The smallest absolute Gasteiger partial charge is 0.393 e. The Bertz CT molecular complexity index is 1050. The van der Waals surface area contributed by atoms with E-state index in [4.69, 9.17) is 0 Å². The van der Waals surface area contributed by atoms with E-state index in [1.54, 1.807) is 11.0 Å². The minimum Gasteiger partial charge on any atom is -0.393 e. The van der Waals surface area contributed by atoms with Gasteiger partial charge < -0.3 is 14.9 Å². The van der Waals surface area contributed by atoms with Crippen LogP contribution in [-0.2, 0) is 11.0 Å². The van der Waals surface area contributed by atoms with Gasteiger partial charge in [-0.1, -0.05) is 0 Å². The fraction of sp³-hybridized carbons (Fsp3) is 0.591. The van der Waals surface area contributed by atoms with Crippen molar-refractivity contribution in [2.24, 2.45) is 0 Å². The molecule has 1 N–H and O–H groups in total. The summed E-state index contributed by atoms with van der Waals surface area (Å²) in [6, 6.07) is 4.23. The lowest BCUT2D eigenvalue weighted by Gasteiger charge is -2.41.